The van der Waals surface area contributed by atoms with Crippen LogP contribution in [0.25, 0.3) is 0 Å². The zero-order valence-electron chi connectivity index (χ0n) is 15.2. The fourth-order valence-electron chi connectivity index (χ4n) is 3.38. The van der Waals surface area contributed by atoms with Crippen LogP contribution in [0.3, 0.4) is 0 Å². The Balaban J connectivity index is 1.83. The van der Waals surface area contributed by atoms with E-state index in [1.807, 2.05) is 12.2 Å². The minimum absolute atomic E-state index is 0.510. The fraction of sp³-hybridized carbons (Fsp3) is 0.0909. The Bertz CT molecular complexity index is 946. The number of benzene rings is 2. The predicted octanol–water partition coefficient (Wildman–Crippen LogP) is 8.43. The summed E-state index contributed by atoms with van der Waals surface area (Å²) in [6, 6.07) is 10.4. The number of rotatable bonds is 6. The molecule has 0 saturated carbocycles. The van der Waals surface area contributed by atoms with Gasteiger partial charge < -0.3 is 0 Å². The molecule has 0 bridgehead atoms. The Morgan fingerprint density at radius 2 is 0.966 bits per heavy atom. The quantitative estimate of drug-likeness (QED) is 0.363. The molecule has 0 saturated heterocycles. The van der Waals surface area contributed by atoms with Crippen LogP contribution in [-0.2, 0) is 21.1 Å². The van der Waals surface area contributed by atoms with E-state index in [2.05, 4.69) is 24.3 Å². The number of allylic oxidation sites excluding steroid dienone is 8. The first-order valence-corrected chi connectivity index (χ1v) is 14.9. The van der Waals surface area contributed by atoms with Crippen molar-refractivity contribution in [3.8, 4) is 11.5 Å². The summed E-state index contributed by atoms with van der Waals surface area (Å²) in [5.74, 6) is 1.18. The van der Waals surface area contributed by atoms with Gasteiger partial charge in [-0.3, -0.25) is 0 Å². The molecule has 0 heterocycles. The second kappa shape index (κ2) is 9.04. The zero-order chi connectivity index (χ0) is 20.4. The summed E-state index contributed by atoms with van der Waals surface area (Å²) in [4.78, 5) is 0. The van der Waals surface area contributed by atoms with Gasteiger partial charge in [-0.2, -0.15) is 0 Å². The Hall–Kier alpha value is -0.957. The van der Waals surface area contributed by atoms with Gasteiger partial charge in [-0.25, -0.2) is 0 Å². The summed E-state index contributed by atoms with van der Waals surface area (Å²) in [5.41, 5.74) is 0. The maximum atomic E-state index is 6.73. The summed E-state index contributed by atoms with van der Waals surface area (Å²) in [6.07, 6.45) is 14.0. The molecule has 0 atom stereocenters. The van der Waals surface area contributed by atoms with E-state index in [1.54, 1.807) is 36.4 Å². The predicted molar refractivity (Wildman–Crippen MR) is 118 cm³/mol. The maximum absolute atomic E-state index is 6.73. The summed E-state index contributed by atoms with van der Waals surface area (Å²) < 4.78 is 15.8. The SMILES string of the molecule is Clc1cc(Cl)cc([O][Zr]([O]c2cc(Cl)cc(Cl)c2)([C]2=CC=CC2)[C]2=CC=CC2)c1. The molecule has 4 rings (SSSR count). The molecular formula is C22H16Cl4O2Zr. The molecular weight excluding hydrogens is 529 g/mol. The van der Waals surface area contributed by atoms with Gasteiger partial charge in [-0.15, -0.1) is 0 Å². The Morgan fingerprint density at radius 3 is 1.28 bits per heavy atom. The van der Waals surface area contributed by atoms with Gasteiger partial charge in [0.05, 0.1) is 0 Å². The average Bonchev–Trinajstić information content (AvgIpc) is 3.34. The van der Waals surface area contributed by atoms with E-state index >= 15 is 0 Å². The molecule has 2 aromatic carbocycles. The van der Waals surface area contributed by atoms with E-state index < -0.39 is 21.1 Å². The van der Waals surface area contributed by atoms with E-state index in [0.29, 0.717) is 31.6 Å². The first-order chi connectivity index (χ1) is 13.9. The second-order valence-electron chi connectivity index (χ2n) is 6.68. The third-order valence-electron chi connectivity index (χ3n) is 4.58. The molecule has 7 heteroatoms. The molecule has 148 valence electrons. The molecule has 2 aliphatic rings. The summed E-state index contributed by atoms with van der Waals surface area (Å²) in [7, 11) is 0. The first-order valence-electron chi connectivity index (χ1n) is 8.97. The molecule has 0 aliphatic heterocycles. The van der Waals surface area contributed by atoms with E-state index in [1.165, 1.54) is 0 Å². The third-order valence-corrected chi connectivity index (χ3v) is 14.0. The molecule has 0 aromatic heterocycles. The van der Waals surface area contributed by atoms with Crippen molar-refractivity contribution in [3.05, 3.63) is 99.5 Å². The van der Waals surface area contributed by atoms with Gasteiger partial charge in [0.25, 0.3) is 0 Å². The van der Waals surface area contributed by atoms with Crippen LogP contribution in [-0.4, -0.2) is 0 Å². The van der Waals surface area contributed by atoms with Crippen LogP contribution in [0.4, 0.5) is 0 Å². The first kappa shape index (κ1) is 21.3. The zero-order valence-corrected chi connectivity index (χ0v) is 20.7. The number of hydrogen-bond acceptors (Lipinski definition) is 2. The van der Waals surface area contributed by atoms with E-state index in [9.17, 15) is 0 Å². The van der Waals surface area contributed by atoms with E-state index in [-0.39, 0.29) is 0 Å². The summed E-state index contributed by atoms with van der Waals surface area (Å²) >= 11 is 20.8. The van der Waals surface area contributed by atoms with Crippen LogP contribution >= 0.6 is 46.4 Å². The van der Waals surface area contributed by atoms with Crippen LogP contribution in [0.5, 0.6) is 11.5 Å². The van der Waals surface area contributed by atoms with Crippen molar-refractivity contribution in [1.82, 2.24) is 0 Å². The van der Waals surface area contributed by atoms with Crippen LogP contribution in [0.2, 0.25) is 20.1 Å². The standard InChI is InChI=1S/2C6H4Cl2O.2C5H5.Zr/c2*7-4-1-5(8)3-6(9)2-4;2*1-2-4-5-3-1;/h2*1-3,9H;2*1-3H,4H2;/q;;;;+2/p-2. The molecule has 2 nitrogen and oxygen atoms in total. The van der Waals surface area contributed by atoms with E-state index in [4.69, 9.17) is 52.0 Å². The van der Waals surface area contributed by atoms with Gasteiger partial charge >= 0.3 is 197 Å². The Morgan fingerprint density at radius 1 is 0.586 bits per heavy atom. The van der Waals surface area contributed by atoms with Crippen molar-refractivity contribution in [3.63, 3.8) is 0 Å². The number of halogens is 4. The second-order valence-corrected chi connectivity index (χ2v) is 15.6. The summed E-state index contributed by atoms with van der Waals surface area (Å²) in [5, 5.41) is 2.04. The minimum atomic E-state index is -4.13. The van der Waals surface area contributed by atoms with Crippen molar-refractivity contribution in [1.29, 1.82) is 0 Å². The Labute approximate surface area is 195 Å². The monoisotopic (exact) mass is 542 g/mol. The van der Waals surface area contributed by atoms with Gasteiger partial charge in [-0.1, -0.05) is 0 Å². The molecule has 2 aliphatic carbocycles. The molecule has 29 heavy (non-hydrogen) atoms. The van der Waals surface area contributed by atoms with Crippen LogP contribution in [0.1, 0.15) is 12.8 Å². The molecule has 0 unspecified atom stereocenters. The Kier molecular flexibility index (Phi) is 6.63. The van der Waals surface area contributed by atoms with Crippen molar-refractivity contribution >= 4 is 46.4 Å². The molecule has 0 N–H and O–H groups in total. The van der Waals surface area contributed by atoms with Gasteiger partial charge in [0.1, 0.15) is 0 Å². The molecule has 2 aromatic rings. The average molecular weight is 545 g/mol. The third kappa shape index (κ3) is 4.87. The van der Waals surface area contributed by atoms with Gasteiger partial charge in [0, 0.05) is 0 Å². The normalized spacial score (nSPS) is 15.4. The van der Waals surface area contributed by atoms with E-state index in [0.717, 1.165) is 19.4 Å². The van der Waals surface area contributed by atoms with Crippen LogP contribution < -0.4 is 5.63 Å². The van der Waals surface area contributed by atoms with Crippen molar-refractivity contribution in [2.24, 2.45) is 0 Å². The molecule has 0 fully saturated rings. The topological polar surface area (TPSA) is 18.5 Å². The molecule has 0 amide bonds. The van der Waals surface area contributed by atoms with Gasteiger partial charge in [-0.05, 0) is 0 Å². The fourth-order valence-corrected chi connectivity index (χ4v) is 12.5. The van der Waals surface area contributed by atoms with Gasteiger partial charge in [0.2, 0.25) is 0 Å². The van der Waals surface area contributed by atoms with Crippen molar-refractivity contribution in [2.45, 2.75) is 12.8 Å². The van der Waals surface area contributed by atoms with Crippen LogP contribution in [0, 0.1) is 0 Å². The van der Waals surface area contributed by atoms with Crippen LogP contribution in [0.15, 0.2) is 79.4 Å². The molecule has 0 radical (unpaired) electrons. The van der Waals surface area contributed by atoms with Crippen molar-refractivity contribution in [2.75, 3.05) is 0 Å². The number of hydrogen-bond donors (Lipinski definition) is 0. The van der Waals surface area contributed by atoms with Gasteiger partial charge in [0.15, 0.2) is 0 Å². The summed E-state index contributed by atoms with van der Waals surface area (Å²) in [6.45, 7) is 0. The molecule has 0 spiro atoms. The van der Waals surface area contributed by atoms with Crippen molar-refractivity contribution < 1.29 is 26.8 Å².